The number of rotatable bonds is 6. The molecule has 4 aromatic rings. The van der Waals surface area contributed by atoms with Gasteiger partial charge < -0.3 is 0 Å². The first kappa shape index (κ1) is 20.2. The van der Waals surface area contributed by atoms with Crippen LogP contribution in [-0.4, -0.2) is 16.0 Å². The minimum Gasteiger partial charge on any atom is -0.261 e. The molecule has 0 unspecified atom stereocenters. The number of halogens is 2. The molecule has 0 amide bonds. The molecule has 4 nitrogen and oxygen atoms in total. The van der Waals surface area contributed by atoms with Crippen molar-refractivity contribution in [2.45, 2.75) is 13.5 Å². The van der Waals surface area contributed by atoms with E-state index < -0.39 is 0 Å². The fourth-order valence-corrected chi connectivity index (χ4v) is 3.65. The van der Waals surface area contributed by atoms with Crippen LogP contribution >= 0.6 is 23.2 Å². The summed E-state index contributed by atoms with van der Waals surface area (Å²) in [7, 11) is 0. The van der Waals surface area contributed by atoms with Crippen LogP contribution in [0.5, 0.6) is 0 Å². The highest BCUT2D eigenvalue weighted by atomic mass is 35.5. The minimum absolute atomic E-state index is 0.470. The normalized spacial score (nSPS) is 11.2. The van der Waals surface area contributed by atoms with Crippen molar-refractivity contribution in [2.24, 2.45) is 5.10 Å². The zero-order valence-corrected chi connectivity index (χ0v) is 17.9. The Bertz CT molecular complexity index is 1150. The first-order valence-electron chi connectivity index (χ1n) is 9.54. The number of anilines is 1. The van der Waals surface area contributed by atoms with Crippen LogP contribution in [0.3, 0.4) is 0 Å². The molecule has 6 heteroatoms. The Kier molecular flexibility index (Phi) is 6.17. The first-order valence-corrected chi connectivity index (χ1v) is 10.3. The zero-order valence-electron chi connectivity index (χ0n) is 16.4. The van der Waals surface area contributed by atoms with Gasteiger partial charge in [0.1, 0.15) is 5.15 Å². The highest BCUT2D eigenvalue weighted by Crippen LogP contribution is 2.27. The van der Waals surface area contributed by atoms with Crippen molar-refractivity contribution < 1.29 is 0 Å². The lowest BCUT2D eigenvalue weighted by Gasteiger charge is -2.19. The SMILES string of the molecule is Cc1nn(-c2ccccc2Cl)c(Cl)c1/C=N/N(Cc1ccccc1)c1ccccc1. The van der Waals surface area contributed by atoms with Crippen LogP contribution in [0.4, 0.5) is 5.69 Å². The summed E-state index contributed by atoms with van der Waals surface area (Å²) in [5, 5.41) is 12.3. The third-order valence-electron chi connectivity index (χ3n) is 4.68. The number of hydrogen-bond acceptors (Lipinski definition) is 3. The molecule has 150 valence electrons. The fraction of sp³-hybridized carbons (Fsp3) is 0.0833. The van der Waals surface area contributed by atoms with Gasteiger partial charge in [0.2, 0.25) is 0 Å². The molecule has 4 rings (SSSR count). The Morgan fingerprint density at radius 3 is 2.23 bits per heavy atom. The summed E-state index contributed by atoms with van der Waals surface area (Å²) in [6.07, 6.45) is 1.76. The molecule has 0 radical (unpaired) electrons. The summed E-state index contributed by atoms with van der Waals surface area (Å²) in [5.41, 5.74) is 4.41. The minimum atomic E-state index is 0.470. The van der Waals surface area contributed by atoms with E-state index in [1.54, 1.807) is 10.9 Å². The van der Waals surface area contributed by atoms with Crippen LogP contribution in [0.15, 0.2) is 90.0 Å². The van der Waals surface area contributed by atoms with Crippen molar-refractivity contribution in [3.8, 4) is 5.69 Å². The van der Waals surface area contributed by atoms with Crippen LogP contribution in [0.25, 0.3) is 5.69 Å². The topological polar surface area (TPSA) is 33.4 Å². The largest absolute Gasteiger partial charge is 0.261 e. The highest BCUT2D eigenvalue weighted by molar-refractivity contribution is 6.34. The van der Waals surface area contributed by atoms with Crippen LogP contribution in [-0.2, 0) is 6.54 Å². The molecule has 3 aromatic carbocycles. The summed E-state index contributed by atoms with van der Waals surface area (Å²) >= 11 is 13.0. The zero-order chi connectivity index (χ0) is 20.9. The van der Waals surface area contributed by atoms with Gasteiger partial charge in [-0.3, -0.25) is 5.01 Å². The van der Waals surface area contributed by atoms with Gasteiger partial charge in [-0.25, -0.2) is 4.68 Å². The number of aryl methyl sites for hydroxylation is 1. The quantitative estimate of drug-likeness (QED) is 0.255. The Hall–Kier alpha value is -3.08. The smallest absolute Gasteiger partial charge is 0.142 e. The summed E-state index contributed by atoms with van der Waals surface area (Å²) in [5.74, 6) is 0. The molecule has 0 N–H and O–H groups in total. The molecular formula is C24H20Cl2N4. The number of hydrazone groups is 1. The van der Waals surface area contributed by atoms with Gasteiger partial charge in [0, 0.05) is 0 Å². The molecule has 30 heavy (non-hydrogen) atoms. The summed E-state index contributed by atoms with van der Waals surface area (Å²) in [6, 6.07) is 27.7. The number of hydrogen-bond donors (Lipinski definition) is 0. The standard InChI is InChI=1S/C24H20Cl2N4/c1-18-21(24(26)30(28-18)23-15-9-8-14-22(23)25)16-27-29(20-12-6-3-7-13-20)17-19-10-4-2-5-11-19/h2-16H,17H2,1H3/b27-16+. The molecule has 0 bridgehead atoms. The fourth-order valence-electron chi connectivity index (χ4n) is 3.12. The van der Waals surface area contributed by atoms with E-state index in [-0.39, 0.29) is 0 Å². The first-order chi connectivity index (χ1) is 14.6. The summed E-state index contributed by atoms with van der Waals surface area (Å²) < 4.78 is 1.64. The second-order valence-corrected chi connectivity index (χ2v) is 7.54. The molecule has 0 aliphatic heterocycles. The van der Waals surface area contributed by atoms with E-state index in [4.69, 9.17) is 28.3 Å². The van der Waals surface area contributed by atoms with Crippen molar-refractivity contribution in [1.29, 1.82) is 0 Å². The molecular weight excluding hydrogens is 415 g/mol. The second kappa shape index (κ2) is 9.16. The third kappa shape index (κ3) is 4.40. The highest BCUT2D eigenvalue weighted by Gasteiger charge is 2.15. The third-order valence-corrected chi connectivity index (χ3v) is 5.37. The van der Waals surface area contributed by atoms with E-state index >= 15 is 0 Å². The Morgan fingerprint density at radius 2 is 1.53 bits per heavy atom. The van der Waals surface area contributed by atoms with Gasteiger partial charge >= 0.3 is 0 Å². The van der Waals surface area contributed by atoms with Gasteiger partial charge in [0.25, 0.3) is 0 Å². The lowest BCUT2D eigenvalue weighted by molar-refractivity contribution is 0.858. The maximum Gasteiger partial charge on any atom is 0.142 e. The number of nitrogens with zero attached hydrogens (tertiary/aromatic N) is 4. The van der Waals surface area contributed by atoms with Crippen molar-refractivity contribution in [2.75, 3.05) is 5.01 Å². The van der Waals surface area contributed by atoms with E-state index in [9.17, 15) is 0 Å². The average Bonchev–Trinajstić information content (AvgIpc) is 3.06. The number of benzene rings is 3. The molecule has 0 spiro atoms. The van der Waals surface area contributed by atoms with Crippen molar-refractivity contribution >= 4 is 35.1 Å². The number of aromatic nitrogens is 2. The Morgan fingerprint density at radius 1 is 0.900 bits per heavy atom. The van der Waals surface area contributed by atoms with Crippen LogP contribution in [0.2, 0.25) is 10.2 Å². The van der Waals surface area contributed by atoms with Crippen LogP contribution in [0, 0.1) is 6.92 Å². The van der Waals surface area contributed by atoms with Crippen molar-refractivity contribution in [3.05, 3.63) is 112 Å². The summed E-state index contributed by atoms with van der Waals surface area (Å²) in [4.78, 5) is 0. The van der Waals surface area contributed by atoms with E-state index in [1.807, 2.05) is 84.7 Å². The van der Waals surface area contributed by atoms with Gasteiger partial charge in [-0.2, -0.15) is 10.2 Å². The predicted molar refractivity (Wildman–Crippen MR) is 125 cm³/mol. The molecule has 0 atom stereocenters. The van der Waals surface area contributed by atoms with Gasteiger partial charge in [-0.1, -0.05) is 83.9 Å². The lowest BCUT2D eigenvalue weighted by Crippen LogP contribution is -2.16. The van der Waals surface area contributed by atoms with Gasteiger partial charge in [-0.05, 0) is 36.8 Å². The Balaban J connectivity index is 1.68. The molecule has 0 saturated carbocycles. The Labute approximate surface area is 186 Å². The maximum absolute atomic E-state index is 6.66. The molecule has 0 aliphatic rings. The van der Waals surface area contributed by atoms with E-state index in [2.05, 4.69) is 17.2 Å². The van der Waals surface area contributed by atoms with E-state index in [0.717, 1.165) is 28.2 Å². The number of para-hydroxylation sites is 2. The molecule has 1 heterocycles. The summed E-state index contributed by atoms with van der Waals surface area (Å²) in [6.45, 7) is 2.54. The lowest BCUT2D eigenvalue weighted by atomic mass is 10.2. The second-order valence-electron chi connectivity index (χ2n) is 6.78. The predicted octanol–water partition coefficient (Wildman–Crippen LogP) is 6.53. The van der Waals surface area contributed by atoms with Crippen molar-refractivity contribution in [3.63, 3.8) is 0 Å². The van der Waals surface area contributed by atoms with Gasteiger partial charge in [-0.15, -0.1) is 0 Å². The molecule has 0 aliphatic carbocycles. The van der Waals surface area contributed by atoms with E-state index in [1.165, 1.54) is 0 Å². The average molecular weight is 435 g/mol. The maximum atomic E-state index is 6.66. The van der Waals surface area contributed by atoms with Gasteiger partial charge in [0.05, 0.1) is 40.4 Å². The van der Waals surface area contributed by atoms with Crippen LogP contribution in [0.1, 0.15) is 16.8 Å². The van der Waals surface area contributed by atoms with Crippen molar-refractivity contribution in [1.82, 2.24) is 9.78 Å². The van der Waals surface area contributed by atoms with E-state index in [0.29, 0.717) is 16.7 Å². The molecule has 0 saturated heterocycles. The van der Waals surface area contributed by atoms with Gasteiger partial charge in [0.15, 0.2) is 0 Å². The monoisotopic (exact) mass is 434 g/mol. The molecule has 0 fully saturated rings. The van der Waals surface area contributed by atoms with Crippen LogP contribution < -0.4 is 5.01 Å². The molecule has 1 aromatic heterocycles.